The van der Waals surface area contributed by atoms with Gasteiger partial charge in [0.1, 0.15) is 0 Å². The number of carbonyl (C=O) groups excluding carboxylic acids is 2. The lowest BCUT2D eigenvalue weighted by molar-refractivity contribution is -0.144. The maximum atomic E-state index is 12.1. The molecule has 2 amide bonds. The van der Waals surface area contributed by atoms with Gasteiger partial charge in [-0.2, -0.15) is 0 Å². The quantitative estimate of drug-likeness (QED) is 0.798. The molecule has 0 saturated carbocycles. The van der Waals surface area contributed by atoms with Crippen molar-refractivity contribution in [3.63, 3.8) is 0 Å². The van der Waals surface area contributed by atoms with Crippen LogP contribution in [-0.4, -0.2) is 36.6 Å². The highest BCUT2D eigenvalue weighted by molar-refractivity contribution is 6.39. The second-order valence-corrected chi connectivity index (χ2v) is 5.50. The van der Waals surface area contributed by atoms with Crippen LogP contribution in [0.1, 0.15) is 19.8 Å². The largest absolute Gasteiger partial charge is 0.454 e. The lowest BCUT2D eigenvalue weighted by Gasteiger charge is -2.29. The van der Waals surface area contributed by atoms with E-state index in [1.807, 2.05) is 0 Å². The Morgan fingerprint density at radius 2 is 1.90 bits per heavy atom. The van der Waals surface area contributed by atoms with Gasteiger partial charge in [-0.25, -0.2) is 0 Å². The Balaban J connectivity index is 1.62. The number of rotatable bonds is 1. The second-order valence-electron chi connectivity index (χ2n) is 5.50. The van der Waals surface area contributed by atoms with Crippen molar-refractivity contribution in [2.75, 3.05) is 25.2 Å². The number of likely N-dealkylation sites (tertiary alicyclic amines) is 1. The van der Waals surface area contributed by atoms with E-state index in [9.17, 15) is 9.59 Å². The van der Waals surface area contributed by atoms with Gasteiger partial charge in [0.2, 0.25) is 6.79 Å². The zero-order chi connectivity index (χ0) is 14.8. The third-order valence-corrected chi connectivity index (χ3v) is 3.90. The summed E-state index contributed by atoms with van der Waals surface area (Å²) in [4.78, 5) is 25.7. The van der Waals surface area contributed by atoms with Crippen LogP contribution in [0.5, 0.6) is 11.5 Å². The minimum atomic E-state index is -0.608. The lowest BCUT2D eigenvalue weighted by Crippen LogP contribution is -2.43. The Labute approximate surface area is 123 Å². The van der Waals surface area contributed by atoms with E-state index in [4.69, 9.17) is 9.47 Å². The van der Waals surface area contributed by atoms with E-state index in [-0.39, 0.29) is 6.79 Å². The molecule has 0 radical (unpaired) electrons. The molecule has 0 atom stereocenters. The maximum Gasteiger partial charge on any atom is 0.313 e. The highest BCUT2D eigenvalue weighted by atomic mass is 16.7. The molecule has 6 heteroatoms. The number of nitrogens with zero attached hydrogens (tertiary/aromatic N) is 1. The minimum absolute atomic E-state index is 0.178. The summed E-state index contributed by atoms with van der Waals surface area (Å²) in [5.41, 5.74) is 0.531. The number of amides is 2. The fourth-order valence-corrected chi connectivity index (χ4v) is 2.51. The number of piperidine rings is 1. The smallest absolute Gasteiger partial charge is 0.313 e. The number of nitrogens with one attached hydrogen (secondary N) is 1. The molecule has 0 bridgehead atoms. The zero-order valence-corrected chi connectivity index (χ0v) is 11.9. The molecule has 112 valence electrons. The summed E-state index contributed by atoms with van der Waals surface area (Å²) in [6.45, 7) is 3.63. The van der Waals surface area contributed by atoms with Gasteiger partial charge in [0, 0.05) is 24.8 Å². The van der Waals surface area contributed by atoms with Gasteiger partial charge < -0.3 is 19.7 Å². The van der Waals surface area contributed by atoms with Gasteiger partial charge in [-0.3, -0.25) is 9.59 Å². The molecule has 1 fully saturated rings. The molecule has 0 spiro atoms. The number of ether oxygens (including phenoxy) is 2. The lowest BCUT2D eigenvalue weighted by atomic mass is 9.99. The Morgan fingerprint density at radius 1 is 1.19 bits per heavy atom. The number of anilines is 1. The molecule has 1 aromatic carbocycles. The van der Waals surface area contributed by atoms with Gasteiger partial charge in [-0.05, 0) is 30.9 Å². The molecule has 3 rings (SSSR count). The van der Waals surface area contributed by atoms with Gasteiger partial charge in [-0.1, -0.05) is 6.92 Å². The molecule has 1 aromatic rings. The summed E-state index contributed by atoms with van der Waals surface area (Å²) in [6.07, 6.45) is 1.89. The predicted octanol–water partition coefficient (Wildman–Crippen LogP) is 1.61. The summed E-state index contributed by atoms with van der Waals surface area (Å²) < 4.78 is 10.4. The van der Waals surface area contributed by atoms with Crippen LogP contribution in [-0.2, 0) is 9.59 Å². The highest BCUT2D eigenvalue weighted by Gasteiger charge is 2.26. The van der Waals surface area contributed by atoms with Crippen molar-refractivity contribution in [1.82, 2.24) is 4.90 Å². The Kier molecular flexibility index (Phi) is 3.68. The van der Waals surface area contributed by atoms with Crippen LogP contribution in [0.15, 0.2) is 18.2 Å². The van der Waals surface area contributed by atoms with E-state index < -0.39 is 11.8 Å². The topological polar surface area (TPSA) is 67.9 Å². The summed E-state index contributed by atoms with van der Waals surface area (Å²) in [6, 6.07) is 5.06. The average molecular weight is 290 g/mol. The summed E-state index contributed by atoms with van der Waals surface area (Å²) in [5.74, 6) is 0.755. The predicted molar refractivity (Wildman–Crippen MR) is 76.2 cm³/mol. The maximum absolute atomic E-state index is 12.1. The van der Waals surface area contributed by atoms with Crippen molar-refractivity contribution in [1.29, 1.82) is 0 Å². The Bertz CT molecular complexity index is 565. The molecule has 2 aliphatic heterocycles. The summed E-state index contributed by atoms with van der Waals surface area (Å²) >= 11 is 0. The molecule has 1 N–H and O–H groups in total. The number of fused-ring (bicyclic) bond motifs is 1. The molecule has 1 saturated heterocycles. The van der Waals surface area contributed by atoms with Crippen molar-refractivity contribution in [2.45, 2.75) is 19.8 Å². The number of hydrogen-bond acceptors (Lipinski definition) is 4. The molecular weight excluding hydrogens is 272 g/mol. The average Bonchev–Trinajstić information content (AvgIpc) is 2.95. The number of hydrogen-bond donors (Lipinski definition) is 1. The molecule has 0 aromatic heterocycles. The third kappa shape index (κ3) is 2.94. The molecular formula is C15H18N2O4. The fraction of sp³-hybridized carbons (Fsp3) is 0.467. The van der Waals surface area contributed by atoms with Gasteiger partial charge in [-0.15, -0.1) is 0 Å². The minimum Gasteiger partial charge on any atom is -0.454 e. The van der Waals surface area contributed by atoms with E-state index in [2.05, 4.69) is 12.2 Å². The summed E-state index contributed by atoms with van der Waals surface area (Å²) in [7, 11) is 0. The van der Waals surface area contributed by atoms with Gasteiger partial charge >= 0.3 is 11.8 Å². The van der Waals surface area contributed by atoms with Crippen LogP contribution in [0.3, 0.4) is 0 Å². The standard InChI is InChI=1S/C15H18N2O4/c1-10-4-6-17(7-5-10)15(19)14(18)16-11-2-3-12-13(8-11)21-9-20-12/h2-3,8,10H,4-7,9H2,1H3,(H,16,18). The van der Waals surface area contributed by atoms with Gasteiger partial charge in [0.15, 0.2) is 11.5 Å². The van der Waals surface area contributed by atoms with E-state index >= 15 is 0 Å². The molecule has 6 nitrogen and oxygen atoms in total. The van der Waals surface area contributed by atoms with Crippen LogP contribution in [0, 0.1) is 5.92 Å². The van der Waals surface area contributed by atoms with Crippen molar-refractivity contribution in [3.8, 4) is 11.5 Å². The van der Waals surface area contributed by atoms with Crippen LogP contribution in [0.25, 0.3) is 0 Å². The van der Waals surface area contributed by atoms with E-state index in [1.165, 1.54) is 0 Å². The van der Waals surface area contributed by atoms with Crippen molar-refractivity contribution in [2.24, 2.45) is 5.92 Å². The molecule has 21 heavy (non-hydrogen) atoms. The molecule has 2 aliphatic rings. The van der Waals surface area contributed by atoms with Crippen molar-refractivity contribution in [3.05, 3.63) is 18.2 Å². The Morgan fingerprint density at radius 3 is 2.67 bits per heavy atom. The monoisotopic (exact) mass is 290 g/mol. The fourth-order valence-electron chi connectivity index (χ4n) is 2.51. The van der Waals surface area contributed by atoms with Crippen LogP contribution in [0.4, 0.5) is 5.69 Å². The van der Waals surface area contributed by atoms with E-state index in [0.717, 1.165) is 12.8 Å². The van der Waals surface area contributed by atoms with Crippen LogP contribution >= 0.6 is 0 Å². The third-order valence-electron chi connectivity index (χ3n) is 3.90. The first-order valence-corrected chi connectivity index (χ1v) is 7.13. The van der Waals surface area contributed by atoms with Crippen molar-refractivity contribution < 1.29 is 19.1 Å². The SMILES string of the molecule is CC1CCN(C(=O)C(=O)Nc2ccc3c(c2)OCO3)CC1. The number of carbonyl (C=O) groups is 2. The molecule has 2 heterocycles. The van der Waals surface area contributed by atoms with E-state index in [0.29, 0.717) is 36.2 Å². The Hall–Kier alpha value is -2.24. The highest BCUT2D eigenvalue weighted by Crippen LogP contribution is 2.34. The molecule has 0 unspecified atom stereocenters. The first kappa shape index (κ1) is 13.7. The summed E-state index contributed by atoms with van der Waals surface area (Å²) in [5, 5.41) is 2.61. The van der Waals surface area contributed by atoms with Crippen molar-refractivity contribution >= 4 is 17.5 Å². The zero-order valence-electron chi connectivity index (χ0n) is 11.9. The second kappa shape index (κ2) is 5.63. The van der Waals surface area contributed by atoms with E-state index in [1.54, 1.807) is 23.1 Å². The van der Waals surface area contributed by atoms with Gasteiger partial charge in [0.05, 0.1) is 0 Å². The van der Waals surface area contributed by atoms with Crippen LogP contribution < -0.4 is 14.8 Å². The number of benzene rings is 1. The van der Waals surface area contributed by atoms with Crippen LogP contribution in [0.2, 0.25) is 0 Å². The first-order chi connectivity index (χ1) is 10.1. The first-order valence-electron chi connectivity index (χ1n) is 7.13. The normalized spacial score (nSPS) is 17.7. The van der Waals surface area contributed by atoms with Gasteiger partial charge in [0.25, 0.3) is 0 Å². The molecule has 0 aliphatic carbocycles.